The molecular weight excluding hydrogens is 242 g/mol. The first-order chi connectivity index (χ1) is 9.47. The zero-order chi connectivity index (χ0) is 14.9. The molecule has 1 rings (SSSR count). The molecule has 0 saturated heterocycles. The Morgan fingerprint density at radius 1 is 0.850 bits per heavy atom. The van der Waals surface area contributed by atoms with E-state index in [1.54, 1.807) is 0 Å². The first-order valence-electron chi connectivity index (χ1n) is 9.22. The summed E-state index contributed by atoms with van der Waals surface area (Å²) in [5.74, 6) is 0. The van der Waals surface area contributed by atoms with Gasteiger partial charge in [0.15, 0.2) is 0 Å². The van der Waals surface area contributed by atoms with Gasteiger partial charge in [0.25, 0.3) is 0 Å². The minimum atomic E-state index is 0.280. The molecule has 20 heavy (non-hydrogen) atoms. The summed E-state index contributed by atoms with van der Waals surface area (Å²) in [5, 5.41) is 3.74. The zero-order valence-electron chi connectivity index (χ0n) is 14.7. The van der Waals surface area contributed by atoms with Gasteiger partial charge in [-0.1, -0.05) is 64.7 Å². The van der Waals surface area contributed by atoms with E-state index in [1.807, 2.05) is 0 Å². The van der Waals surface area contributed by atoms with Crippen LogP contribution in [0.15, 0.2) is 0 Å². The van der Waals surface area contributed by atoms with Crippen LogP contribution < -0.4 is 5.32 Å². The number of nitrogens with one attached hydrogen (secondary N) is 1. The van der Waals surface area contributed by atoms with Crippen molar-refractivity contribution in [3.63, 3.8) is 0 Å². The summed E-state index contributed by atoms with van der Waals surface area (Å²) in [6, 6.07) is 0. The summed E-state index contributed by atoms with van der Waals surface area (Å²) in [4.78, 5) is 0. The molecule has 1 N–H and O–H groups in total. The maximum absolute atomic E-state index is 3.74. The molecule has 1 aliphatic rings. The van der Waals surface area contributed by atoms with Crippen LogP contribution >= 0.6 is 0 Å². The molecule has 0 spiro atoms. The van der Waals surface area contributed by atoms with Crippen molar-refractivity contribution >= 4 is 0 Å². The van der Waals surface area contributed by atoms with Crippen LogP contribution in [-0.4, -0.2) is 12.1 Å². The van der Waals surface area contributed by atoms with Crippen LogP contribution in [0.2, 0.25) is 0 Å². The molecule has 0 aromatic carbocycles. The van der Waals surface area contributed by atoms with Crippen LogP contribution in [0.1, 0.15) is 105 Å². The molecule has 0 aliphatic heterocycles. The van der Waals surface area contributed by atoms with Crippen LogP contribution in [0, 0.1) is 5.41 Å². The fourth-order valence-electron chi connectivity index (χ4n) is 3.28. The Morgan fingerprint density at radius 3 is 1.85 bits per heavy atom. The average Bonchev–Trinajstić information content (AvgIpc) is 2.33. The molecule has 0 bridgehead atoms. The molecule has 0 radical (unpaired) electrons. The Balaban J connectivity index is 2.03. The van der Waals surface area contributed by atoms with Crippen molar-refractivity contribution in [1.82, 2.24) is 5.32 Å². The lowest BCUT2D eigenvalue weighted by atomic mass is 9.65. The summed E-state index contributed by atoms with van der Waals surface area (Å²) >= 11 is 0. The van der Waals surface area contributed by atoms with E-state index < -0.39 is 0 Å². The predicted octanol–water partition coefficient (Wildman–Crippen LogP) is 6.08. The molecule has 0 atom stereocenters. The van der Waals surface area contributed by atoms with Crippen molar-refractivity contribution in [2.75, 3.05) is 6.54 Å². The normalized spacial score (nSPS) is 18.0. The highest BCUT2D eigenvalue weighted by molar-refractivity contribution is 4.91. The van der Waals surface area contributed by atoms with Crippen LogP contribution in [0.3, 0.4) is 0 Å². The molecule has 0 heterocycles. The molecule has 1 fully saturated rings. The highest BCUT2D eigenvalue weighted by Gasteiger charge is 2.36. The number of unbranched alkanes of at least 4 members (excludes halogenated alkanes) is 7. The monoisotopic (exact) mass is 281 g/mol. The lowest BCUT2D eigenvalue weighted by Gasteiger charge is -2.44. The summed E-state index contributed by atoms with van der Waals surface area (Å²) in [6.45, 7) is 10.4. The number of hydrogen-bond acceptors (Lipinski definition) is 1. The van der Waals surface area contributed by atoms with Crippen molar-refractivity contribution in [2.24, 2.45) is 5.41 Å². The van der Waals surface area contributed by atoms with Crippen molar-refractivity contribution in [3.8, 4) is 0 Å². The average molecular weight is 282 g/mol. The lowest BCUT2D eigenvalue weighted by molar-refractivity contribution is 0.102. The second-order valence-corrected chi connectivity index (χ2v) is 8.18. The summed E-state index contributed by atoms with van der Waals surface area (Å²) in [5.41, 5.74) is 0.942. The van der Waals surface area contributed by atoms with Crippen LogP contribution in [0.4, 0.5) is 0 Å². The van der Waals surface area contributed by atoms with E-state index in [0.717, 1.165) is 0 Å². The Labute approximate surface area is 128 Å². The van der Waals surface area contributed by atoms with Crippen LogP contribution in [0.25, 0.3) is 0 Å². The number of rotatable bonds is 11. The highest BCUT2D eigenvalue weighted by atomic mass is 15.0. The van der Waals surface area contributed by atoms with Gasteiger partial charge in [0.1, 0.15) is 0 Å². The predicted molar refractivity (Wildman–Crippen MR) is 91.3 cm³/mol. The first kappa shape index (κ1) is 18.0. The largest absolute Gasteiger partial charge is 0.312 e. The van der Waals surface area contributed by atoms with Gasteiger partial charge in [0, 0.05) is 12.1 Å². The zero-order valence-corrected chi connectivity index (χ0v) is 14.7. The molecule has 1 nitrogen and oxygen atoms in total. The summed E-state index contributed by atoms with van der Waals surface area (Å²) < 4.78 is 0. The van der Waals surface area contributed by atoms with Gasteiger partial charge in [-0.15, -0.1) is 0 Å². The quantitative estimate of drug-likeness (QED) is 0.453. The molecule has 0 amide bonds. The first-order valence-corrected chi connectivity index (χ1v) is 9.22. The van der Waals surface area contributed by atoms with E-state index in [9.17, 15) is 0 Å². The van der Waals surface area contributed by atoms with Gasteiger partial charge in [0.05, 0.1) is 0 Å². The minimum absolute atomic E-state index is 0.280. The number of hydrogen-bond donors (Lipinski definition) is 1. The fraction of sp³-hybridized carbons (Fsp3) is 1.00. The molecule has 0 aromatic rings. The SMILES string of the molecule is CCCCCCCCCCC1(CNC(C)(C)C)CCC1. The van der Waals surface area contributed by atoms with E-state index in [0.29, 0.717) is 5.41 Å². The maximum Gasteiger partial charge on any atom is 0.00967 e. The molecule has 1 saturated carbocycles. The highest BCUT2D eigenvalue weighted by Crippen LogP contribution is 2.45. The molecule has 1 aliphatic carbocycles. The van der Waals surface area contributed by atoms with Gasteiger partial charge < -0.3 is 5.32 Å². The van der Waals surface area contributed by atoms with E-state index >= 15 is 0 Å². The van der Waals surface area contributed by atoms with Crippen molar-refractivity contribution < 1.29 is 0 Å². The summed E-state index contributed by atoms with van der Waals surface area (Å²) in [7, 11) is 0. The van der Waals surface area contributed by atoms with E-state index in [2.05, 4.69) is 33.0 Å². The summed E-state index contributed by atoms with van der Waals surface area (Å²) in [6.07, 6.45) is 17.4. The van der Waals surface area contributed by atoms with Gasteiger partial charge in [0.2, 0.25) is 0 Å². The third-order valence-electron chi connectivity index (χ3n) is 4.97. The molecule has 1 heteroatoms. The van der Waals surface area contributed by atoms with Gasteiger partial charge in [-0.25, -0.2) is 0 Å². The molecule has 0 unspecified atom stereocenters. The topological polar surface area (TPSA) is 12.0 Å². The van der Waals surface area contributed by atoms with Crippen LogP contribution in [0.5, 0.6) is 0 Å². The van der Waals surface area contributed by atoms with E-state index in [-0.39, 0.29) is 5.54 Å². The lowest BCUT2D eigenvalue weighted by Crippen LogP contribution is -2.46. The van der Waals surface area contributed by atoms with Gasteiger partial charge >= 0.3 is 0 Å². The van der Waals surface area contributed by atoms with Crippen molar-refractivity contribution in [2.45, 2.75) is 110 Å². The van der Waals surface area contributed by atoms with Crippen molar-refractivity contribution in [3.05, 3.63) is 0 Å². The standard InChI is InChI=1S/C19H39N/c1-5-6-7-8-9-10-11-12-14-19(15-13-16-19)17-20-18(2,3)4/h20H,5-17H2,1-4H3. The van der Waals surface area contributed by atoms with E-state index in [1.165, 1.54) is 83.6 Å². The Hall–Kier alpha value is -0.0400. The van der Waals surface area contributed by atoms with E-state index in [4.69, 9.17) is 0 Å². The Kier molecular flexibility index (Phi) is 8.17. The van der Waals surface area contributed by atoms with Crippen LogP contribution in [-0.2, 0) is 0 Å². The third-order valence-corrected chi connectivity index (χ3v) is 4.97. The third kappa shape index (κ3) is 7.67. The Bertz CT molecular complexity index is 235. The maximum atomic E-state index is 3.74. The second-order valence-electron chi connectivity index (χ2n) is 8.18. The van der Waals surface area contributed by atoms with Gasteiger partial charge in [-0.05, 0) is 45.4 Å². The molecular formula is C19H39N. The molecule has 0 aromatic heterocycles. The molecule has 120 valence electrons. The van der Waals surface area contributed by atoms with Crippen molar-refractivity contribution in [1.29, 1.82) is 0 Å². The second kappa shape index (κ2) is 9.07. The smallest absolute Gasteiger partial charge is 0.00967 e. The Morgan fingerprint density at radius 2 is 1.40 bits per heavy atom. The fourth-order valence-corrected chi connectivity index (χ4v) is 3.28. The minimum Gasteiger partial charge on any atom is -0.312 e. The van der Waals surface area contributed by atoms with Gasteiger partial charge in [-0.3, -0.25) is 0 Å². The van der Waals surface area contributed by atoms with Gasteiger partial charge in [-0.2, -0.15) is 0 Å².